The van der Waals surface area contributed by atoms with E-state index in [-0.39, 0.29) is 18.7 Å². The van der Waals surface area contributed by atoms with Crippen molar-refractivity contribution in [1.82, 2.24) is 5.32 Å². The Hall–Kier alpha value is -1.66. The van der Waals surface area contributed by atoms with Gasteiger partial charge in [0.1, 0.15) is 11.4 Å². The molecule has 0 aliphatic carbocycles. The third kappa shape index (κ3) is 8.44. The molecule has 0 aliphatic heterocycles. The number of hydrogen-bond acceptors (Lipinski definition) is 5. The second-order valence-corrected chi connectivity index (χ2v) is 5.81. The van der Waals surface area contributed by atoms with E-state index in [0.717, 1.165) is 0 Å². The standard InChI is InChI=1S/C13H24N2O5/c1-6-11(16)7-10(8-15(18)19)9(2)14-12(17)20-13(3,4)5/h9-10H,6-8H2,1-5H3,(H,14,17)/t9-,10?/m0/s1. The molecule has 0 saturated heterocycles. The van der Waals surface area contributed by atoms with E-state index in [2.05, 4.69) is 5.32 Å². The summed E-state index contributed by atoms with van der Waals surface area (Å²) in [6, 6.07) is -0.509. The van der Waals surface area contributed by atoms with Crippen LogP contribution in [0.25, 0.3) is 0 Å². The number of hydrogen-bond donors (Lipinski definition) is 1. The number of Topliss-reactive ketones (excluding diaryl/α,β-unsaturated/α-hetero) is 1. The molecule has 1 N–H and O–H groups in total. The summed E-state index contributed by atoms with van der Waals surface area (Å²) >= 11 is 0. The molecule has 0 radical (unpaired) electrons. The Kier molecular flexibility index (Phi) is 7.17. The molecule has 2 atom stereocenters. The maximum atomic E-state index is 11.6. The number of ketones is 1. The van der Waals surface area contributed by atoms with Crippen molar-refractivity contribution in [3.63, 3.8) is 0 Å². The average molecular weight is 288 g/mol. The molecule has 0 heterocycles. The van der Waals surface area contributed by atoms with Gasteiger partial charge < -0.3 is 10.1 Å². The molecule has 0 aliphatic rings. The zero-order chi connectivity index (χ0) is 15.9. The second kappa shape index (κ2) is 7.81. The Morgan fingerprint density at radius 2 is 1.90 bits per heavy atom. The topological polar surface area (TPSA) is 98.5 Å². The van der Waals surface area contributed by atoms with Crippen LogP contribution in [0.3, 0.4) is 0 Å². The van der Waals surface area contributed by atoms with E-state index in [9.17, 15) is 19.7 Å². The van der Waals surface area contributed by atoms with Crippen molar-refractivity contribution in [3.8, 4) is 0 Å². The van der Waals surface area contributed by atoms with Gasteiger partial charge in [0.2, 0.25) is 6.54 Å². The fourth-order valence-corrected chi connectivity index (χ4v) is 1.64. The molecule has 116 valence electrons. The molecule has 1 amide bonds. The van der Waals surface area contributed by atoms with Crippen LogP contribution in [0.4, 0.5) is 4.79 Å². The van der Waals surface area contributed by atoms with E-state index >= 15 is 0 Å². The van der Waals surface area contributed by atoms with Gasteiger partial charge in [-0.3, -0.25) is 14.9 Å². The summed E-state index contributed by atoms with van der Waals surface area (Å²) in [6.45, 7) is 8.17. The molecule has 0 aromatic rings. The van der Waals surface area contributed by atoms with Gasteiger partial charge in [-0.2, -0.15) is 0 Å². The van der Waals surface area contributed by atoms with Crippen LogP contribution >= 0.6 is 0 Å². The van der Waals surface area contributed by atoms with Crippen molar-refractivity contribution in [2.45, 2.75) is 59.1 Å². The van der Waals surface area contributed by atoms with Crippen LogP contribution in [0.1, 0.15) is 47.5 Å². The molecule has 20 heavy (non-hydrogen) atoms. The van der Waals surface area contributed by atoms with Gasteiger partial charge >= 0.3 is 6.09 Å². The number of rotatable bonds is 7. The predicted molar refractivity (Wildman–Crippen MR) is 74.1 cm³/mol. The minimum Gasteiger partial charge on any atom is -0.444 e. The Morgan fingerprint density at radius 1 is 1.35 bits per heavy atom. The monoisotopic (exact) mass is 288 g/mol. The highest BCUT2D eigenvalue weighted by atomic mass is 16.6. The smallest absolute Gasteiger partial charge is 0.407 e. The van der Waals surface area contributed by atoms with Crippen molar-refractivity contribution in [2.24, 2.45) is 5.92 Å². The maximum absolute atomic E-state index is 11.6. The molecular weight excluding hydrogens is 264 g/mol. The van der Waals surface area contributed by atoms with Crippen molar-refractivity contribution >= 4 is 11.9 Å². The summed E-state index contributed by atoms with van der Waals surface area (Å²) in [5.74, 6) is -0.598. The van der Waals surface area contributed by atoms with Gasteiger partial charge in [0.05, 0.1) is 5.92 Å². The SMILES string of the molecule is CCC(=O)CC(C[N+](=O)[O-])[C@H](C)NC(=O)OC(C)(C)C. The number of amides is 1. The first kappa shape index (κ1) is 18.3. The van der Waals surface area contributed by atoms with E-state index in [1.807, 2.05) is 0 Å². The fraction of sp³-hybridized carbons (Fsp3) is 0.846. The highest BCUT2D eigenvalue weighted by Crippen LogP contribution is 2.13. The number of ether oxygens (including phenoxy) is 1. The largest absolute Gasteiger partial charge is 0.444 e. The first-order chi connectivity index (χ1) is 9.05. The minimum absolute atomic E-state index is 0.0605. The third-order valence-electron chi connectivity index (χ3n) is 2.72. The number of nitrogens with one attached hydrogen (secondary N) is 1. The highest BCUT2D eigenvalue weighted by Gasteiger charge is 2.27. The van der Waals surface area contributed by atoms with Crippen molar-refractivity contribution in [2.75, 3.05) is 6.54 Å². The fourth-order valence-electron chi connectivity index (χ4n) is 1.64. The molecule has 0 aromatic carbocycles. The summed E-state index contributed by atoms with van der Waals surface area (Å²) in [4.78, 5) is 33.3. The predicted octanol–water partition coefficient (Wildman–Crippen LogP) is 2.16. The average Bonchev–Trinajstić information content (AvgIpc) is 2.24. The molecule has 0 saturated carbocycles. The van der Waals surface area contributed by atoms with E-state index in [4.69, 9.17) is 4.74 Å². The Bertz CT molecular complexity index is 362. The summed E-state index contributed by atoms with van der Waals surface area (Å²) in [6.07, 6.45) is -0.232. The zero-order valence-corrected chi connectivity index (χ0v) is 12.8. The lowest BCUT2D eigenvalue weighted by molar-refractivity contribution is -0.488. The molecular formula is C13H24N2O5. The molecule has 0 fully saturated rings. The zero-order valence-electron chi connectivity index (χ0n) is 12.8. The van der Waals surface area contributed by atoms with Crippen LogP contribution in [0, 0.1) is 16.0 Å². The molecule has 7 nitrogen and oxygen atoms in total. The van der Waals surface area contributed by atoms with Gasteiger partial charge in [0, 0.05) is 23.8 Å². The molecule has 0 rings (SSSR count). The van der Waals surface area contributed by atoms with Gasteiger partial charge in [-0.25, -0.2) is 4.79 Å². The Labute approximate surface area is 119 Å². The minimum atomic E-state index is -0.637. The number of nitrogens with zero attached hydrogens (tertiary/aromatic N) is 1. The molecule has 0 spiro atoms. The van der Waals surface area contributed by atoms with Crippen molar-refractivity contribution in [3.05, 3.63) is 10.1 Å². The lowest BCUT2D eigenvalue weighted by Gasteiger charge is -2.24. The molecule has 1 unspecified atom stereocenters. The van der Waals surface area contributed by atoms with Crippen LogP contribution in [0.15, 0.2) is 0 Å². The lowest BCUT2D eigenvalue weighted by Crippen LogP contribution is -2.43. The number of nitro groups is 1. The summed E-state index contributed by atoms with van der Waals surface area (Å²) in [7, 11) is 0. The van der Waals surface area contributed by atoms with Crippen LogP contribution in [0.5, 0.6) is 0 Å². The molecule has 7 heteroatoms. The second-order valence-electron chi connectivity index (χ2n) is 5.81. The Balaban J connectivity index is 4.61. The van der Waals surface area contributed by atoms with Gasteiger partial charge in [0.25, 0.3) is 0 Å². The highest BCUT2D eigenvalue weighted by molar-refractivity contribution is 5.78. The van der Waals surface area contributed by atoms with E-state index in [1.165, 1.54) is 0 Å². The lowest BCUT2D eigenvalue weighted by atomic mass is 9.94. The van der Waals surface area contributed by atoms with Gasteiger partial charge in [-0.1, -0.05) is 6.92 Å². The van der Waals surface area contributed by atoms with E-state index in [1.54, 1.807) is 34.6 Å². The van der Waals surface area contributed by atoms with E-state index < -0.39 is 28.6 Å². The maximum Gasteiger partial charge on any atom is 0.407 e. The Morgan fingerprint density at radius 3 is 2.30 bits per heavy atom. The first-order valence-electron chi connectivity index (χ1n) is 6.68. The van der Waals surface area contributed by atoms with Gasteiger partial charge in [-0.15, -0.1) is 0 Å². The first-order valence-corrected chi connectivity index (χ1v) is 6.68. The van der Waals surface area contributed by atoms with Crippen LogP contribution in [-0.4, -0.2) is 35.0 Å². The summed E-state index contributed by atoms with van der Waals surface area (Å²) < 4.78 is 5.09. The van der Waals surface area contributed by atoms with Crippen LogP contribution in [0.2, 0.25) is 0 Å². The summed E-state index contributed by atoms with van der Waals surface area (Å²) in [5.41, 5.74) is -0.637. The normalized spacial score (nSPS) is 14.2. The third-order valence-corrected chi connectivity index (χ3v) is 2.72. The van der Waals surface area contributed by atoms with Crippen molar-refractivity contribution in [1.29, 1.82) is 0 Å². The molecule has 0 bridgehead atoms. The van der Waals surface area contributed by atoms with Crippen LogP contribution in [-0.2, 0) is 9.53 Å². The number of carbonyl (C=O) groups excluding carboxylic acids is 2. The van der Waals surface area contributed by atoms with Gasteiger partial charge in [-0.05, 0) is 27.7 Å². The number of carbonyl (C=O) groups is 2. The van der Waals surface area contributed by atoms with E-state index in [0.29, 0.717) is 6.42 Å². The van der Waals surface area contributed by atoms with Crippen LogP contribution < -0.4 is 5.32 Å². The molecule has 0 aromatic heterocycles. The number of alkyl carbamates (subject to hydrolysis) is 1. The summed E-state index contributed by atoms with van der Waals surface area (Å²) in [5, 5.41) is 13.2. The quantitative estimate of drug-likeness (QED) is 0.571. The van der Waals surface area contributed by atoms with Crippen molar-refractivity contribution < 1.29 is 19.2 Å². The van der Waals surface area contributed by atoms with Gasteiger partial charge in [0.15, 0.2) is 0 Å².